The zero-order chi connectivity index (χ0) is 15.1. The second-order valence-electron chi connectivity index (χ2n) is 5.38. The van der Waals surface area contributed by atoms with E-state index in [0.717, 1.165) is 16.5 Å². The number of aliphatic imine (C=N–C) groups is 1. The van der Waals surface area contributed by atoms with Crippen LogP contribution in [0.3, 0.4) is 0 Å². The molecule has 0 bridgehead atoms. The normalized spacial score (nSPS) is 14.2. The molecular formula is C18H14N2O2. The molecule has 2 heterocycles. The molecule has 1 N–H and O–H groups in total. The first kappa shape index (κ1) is 12.8. The summed E-state index contributed by atoms with van der Waals surface area (Å²) in [5, 5.41) is 3.81. The average Bonchev–Trinajstić information content (AvgIpc) is 2.79. The molecule has 0 aliphatic carbocycles. The Morgan fingerprint density at radius 2 is 1.86 bits per heavy atom. The van der Waals surface area contributed by atoms with Gasteiger partial charge in [0.05, 0.1) is 5.69 Å². The smallest absolute Gasteiger partial charge is 0.246 e. The molecule has 3 aromatic rings. The van der Waals surface area contributed by atoms with Gasteiger partial charge in [-0.3, -0.25) is 9.79 Å². The van der Waals surface area contributed by atoms with E-state index in [-0.39, 0.29) is 12.5 Å². The van der Waals surface area contributed by atoms with Gasteiger partial charge in [-0.1, -0.05) is 42.0 Å². The second-order valence-corrected chi connectivity index (χ2v) is 5.38. The van der Waals surface area contributed by atoms with Crippen molar-refractivity contribution in [3.05, 3.63) is 65.4 Å². The van der Waals surface area contributed by atoms with Gasteiger partial charge in [0.15, 0.2) is 5.76 Å². The van der Waals surface area contributed by atoms with Crippen molar-refractivity contribution in [3.63, 3.8) is 0 Å². The molecule has 0 saturated heterocycles. The Labute approximate surface area is 127 Å². The summed E-state index contributed by atoms with van der Waals surface area (Å²) >= 11 is 0. The minimum atomic E-state index is -0.130. The van der Waals surface area contributed by atoms with Gasteiger partial charge in [-0.05, 0) is 19.1 Å². The third kappa shape index (κ3) is 2.00. The minimum Gasteiger partial charge on any atom is -0.452 e. The molecule has 0 saturated carbocycles. The van der Waals surface area contributed by atoms with Gasteiger partial charge in [-0.25, -0.2) is 0 Å². The van der Waals surface area contributed by atoms with Crippen molar-refractivity contribution in [1.29, 1.82) is 0 Å². The van der Waals surface area contributed by atoms with Gasteiger partial charge in [0.25, 0.3) is 0 Å². The largest absolute Gasteiger partial charge is 0.452 e. The standard InChI is InChI=1S/C18H14N2O2/c1-11-6-8-12(9-7-11)16-18-17(20-15(21)10-19-16)13-4-2-3-5-14(13)22-18/h2-9H,10H2,1H3,(H,20,21). The Morgan fingerprint density at radius 1 is 1.09 bits per heavy atom. The lowest BCUT2D eigenvalue weighted by atomic mass is 10.0. The molecule has 1 aliphatic rings. The number of benzene rings is 2. The summed E-state index contributed by atoms with van der Waals surface area (Å²) in [6.07, 6.45) is 0. The number of para-hydroxylation sites is 1. The number of carbonyl (C=O) groups excluding carboxylic acids is 1. The number of rotatable bonds is 1. The van der Waals surface area contributed by atoms with Gasteiger partial charge in [-0.2, -0.15) is 0 Å². The number of fused-ring (bicyclic) bond motifs is 3. The summed E-state index contributed by atoms with van der Waals surface area (Å²) in [5.74, 6) is 0.491. The highest BCUT2D eigenvalue weighted by molar-refractivity contribution is 6.21. The van der Waals surface area contributed by atoms with Crippen LogP contribution in [0.15, 0.2) is 57.9 Å². The van der Waals surface area contributed by atoms with Crippen molar-refractivity contribution < 1.29 is 9.21 Å². The lowest BCUT2D eigenvalue weighted by molar-refractivity contribution is -0.114. The number of amides is 1. The van der Waals surface area contributed by atoms with Crippen LogP contribution in [0.5, 0.6) is 0 Å². The molecule has 4 rings (SSSR count). The molecule has 4 heteroatoms. The van der Waals surface area contributed by atoms with Crippen LogP contribution in [0.25, 0.3) is 11.0 Å². The summed E-state index contributed by atoms with van der Waals surface area (Å²) < 4.78 is 5.97. The van der Waals surface area contributed by atoms with E-state index in [1.54, 1.807) is 0 Å². The van der Waals surface area contributed by atoms with Crippen molar-refractivity contribution in [3.8, 4) is 0 Å². The Bertz CT molecular complexity index is 904. The lowest BCUT2D eigenvalue weighted by Crippen LogP contribution is -2.13. The van der Waals surface area contributed by atoms with E-state index in [4.69, 9.17) is 4.42 Å². The van der Waals surface area contributed by atoms with Crippen molar-refractivity contribution in [2.24, 2.45) is 4.99 Å². The first-order valence-corrected chi connectivity index (χ1v) is 7.15. The number of aryl methyl sites for hydroxylation is 1. The molecule has 1 aromatic heterocycles. The third-order valence-corrected chi connectivity index (χ3v) is 3.78. The van der Waals surface area contributed by atoms with Crippen LogP contribution in [-0.2, 0) is 4.79 Å². The van der Waals surface area contributed by atoms with E-state index >= 15 is 0 Å². The van der Waals surface area contributed by atoms with Crippen molar-refractivity contribution in [2.45, 2.75) is 6.92 Å². The molecule has 0 radical (unpaired) electrons. The predicted molar refractivity (Wildman–Crippen MR) is 86.5 cm³/mol. The van der Waals surface area contributed by atoms with Gasteiger partial charge in [-0.15, -0.1) is 0 Å². The van der Waals surface area contributed by atoms with Crippen LogP contribution in [0.4, 0.5) is 5.69 Å². The topological polar surface area (TPSA) is 54.6 Å². The highest BCUT2D eigenvalue weighted by atomic mass is 16.3. The van der Waals surface area contributed by atoms with Crippen LogP contribution in [-0.4, -0.2) is 18.2 Å². The minimum absolute atomic E-state index is 0.0989. The second kappa shape index (κ2) is 4.84. The summed E-state index contributed by atoms with van der Waals surface area (Å²) in [4.78, 5) is 16.4. The lowest BCUT2D eigenvalue weighted by Gasteiger charge is -2.04. The molecule has 0 spiro atoms. The van der Waals surface area contributed by atoms with Gasteiger partial charge in [0.2, 0.25) is 5.91 Å². The van der Waals surface area contributed by atoms with Crippen molar-refractivity contribution in [2.75, 3.05) is 11.9 Å². The van der Waals surface area contributed by atoms with E-state index in [1.807, 2.05) is 55.5 Å². The summed E-state index contributed by atoms with van der Waals surface area (Å²) in [6.45, 7) is 2.14. The number of hydrogen-bond donors (Lipinski definition) is 1. The fourth-order valence-corrected chi connectivity index (χ4v) is 2.67. The molecule has 1 amide bonds. The zero-order valence-corrected chi connectivity index (χ0v) is 12.1. The number of hydrogen-bond acceptors (Lipinski definition) is 3. The van der Waals surface area contributed by atoms with E-state index < -0.39 is 0 Å². The zero-order valence-electron chi connectivity index (χ0n) is 12.1. The molecule has 22 heavy (non-hydrogen) atoms. The quantitative estimate of drug-likeness (QED) is 0.745. The van der Waals surface area contributed by atoms with Crippen LogP contribution in [0, 0.1) is 6.92 Å². The molecular weight excluding hydrogens is 276 g/mol. The van der Waals surface area contributed by atoms with Gasteiger partial charge >= 0.3 is 0 Å². The summed E-state index contributed by atoms with van der Waals surface area (Å²) in [5.41, 5.74) is 4.29. The fourth-order valence-electron chi connectivity index (χ4n) is 2.67. The Morgan fingerprint density at radius 3 is 2.68 bits per heavy atom. The van der Waals surface area contributed by atoms with E-state index in [0.29, 0.717) is 17.2 Å². The monoisotopic (exact) mass is 290 g/mol. The Hall–Kier alpha value is -2.88. The van der Waals surface area contributed by atoms with Crippen LogP contribution in [0.2, 0.25) is 0 Å². The fraction of sp³-hybridized carbons (Fsp3) is 0.111. The number of carbonyl (C=O) groups is 1. The van der Waals surface area contributed by atoms with Crippen LogP contribution >= 0.6 is 0 Å². The number of nitrogens with zero attached hydrogens (tertiary/aromatic N) is 1. The van der Waals surface area contributed by atoms with Crippen LogP contribution in [0.1, 0.15) is 16.9 Å². The number of nitrogens with one attached hydrogen (secondary N) is 1. The van der Waals surface area contributed by atoms with Gasteiger partial charge < -0.3 is 9.73 Å². The number of anilines is 1. The first-order valence-electron chi connectivity index (χ1n) is 7.15. The van der Waals surface area contributed by atoms with E-state index in [2.05, 4.69) is 10.3 Å². The molecule has 108 valence electrons. The molecule has 2 aromatic carbocycles. The maximum Gasteiger partial charge on any atom is 0.246 e. The van der Waals surface area contributed by atoms with Crippen molar-refractivity contribution in [1.82, 2.24) is 0 Å². The van der Waals surface area contributed by atoms with Gasteiger partial charge in [0.1, 0.15) is 17.8 Å². The molecule has 0 atom stereocenters. The Balaban J connectivity index is 1.97. The molecule has 4 nitrogen and oxygen atoms in total. The molecule has 0 fully saturated rings. The maximum absolute atomic E-state index is 12.0. The highest BCUT2D eigenvalue weighted by Crippen LogP contribution is 2.33. The predicted octanol–water partition coefficient (Wildman–Crippen LogP) is 3.53. The average molecular weight is 290 g/mol. The van der Waals surface area contributed by atoms with Crippen molar-refractivity contribution >= 4 is 28.3 Å². The summed E-state index contributed by atoms with van der Waals surface area (Å²) in [6, 6.07) is 15.7. The van der Waals surface area contributed by atoms with Gasteiger partial charge in [0, 0.05) is 10.9 Å². The third-order valence-electron chi connectivity index (χ3n) is 3.78. The first-order chi connectivity index (χ1) is 10.7. The van der Waals surface area contributed by atoms with E-state index in [1.165, 1.54) is 5.56 Å². The maximum atomic E-state index is 12.0. The Kier molecular flexibility index (Phi) is 2.82. The molecule has 1 aliphatic heterocycles. The number of furan rings is 1. The van der Waals surface area contributed by atoms with Crippen LogP contribution < -0.4 is 5.32 Å². The molecule has 0 unspecified atom stereocenters. The van der Waals surface area contributed by atoms with E-state index in [9.17, 15) is 4.79 Å². The SMILES string of the molecule is Cc1ccc(C2=NCC(=O)Nc3c2oc2ccccc32)cc1. The summed E-state index contributed by atoms with van der Waals surface area (Å²) in [7, 11) is 0. The highest BCUT2D eigenvalue weighted by Gasteiger charge is 2.24.